The quantitative estimate of drug-likeness (QED) is 0.529. The molecule has 2 aromatic carbocycles. The lowest BCUT2D eigenvalue weighted by molar-refractivity contribution is 0.280. The van der Waals surface area contributed by atoms with E-state index in [0.29, 0.717) is 6.54 Å². The van der Waals surface area contributed by atoms with E-state index >= 15 is 0 Å². The third kappa shape index (κ3) is 5.45. The Morgan fingerprint density at radius 1 is 1.21 bits per heavy atom. The summed E-state index contributed by atoms with van der Waals surface area (Å²) in [6, 6.07) is 14.8. The Balaban J connectivity index is 1.66. The summed E-state index contributed by atoms with van der Waals surface area (Å²) >= 11 is 0. The van der Waals surface area contributed by atoms with Gasteiger partial charge in [0.15, 0.2) is 5.96 Å². The van der Waals surface area contributed by atoms with Crippen LogP contribution in [-0.2, 0) is 13.2 Å². The lowest BCUT2D eigenvalue weighted by Gasteiger charge is -2.35. The number of aliphatic hydroxyl groups excluding tert-OH is 1. The number of rotatable bonds is 6. The van der Waals surface area contributed by atoms with Crippen LogP contribution in [0.25, 0.3) is 0 Å². The molecular formula is C22H29FN4O. The van der Waals surface area contributed by atoms with Gasteiger partial charge in [0.2, 0.25) is 0 Å². The van der Waals surface area contributed by atoms with Gasteiger partial charge >= 0.3 is 0 Å². The summed E-state index contributed by atoms with van der Waals surface area (Å²) in [5.74, 6) is 0.561. The first-order chi connectivity index (χ1) is 13.7. The van der Waals surface area contributed by atoms with Crippen LogP contribution in [0.1, 0.15) is 30.9 Å². The molecule has 150 valence electrons. The van der Waals surface area contributed by atoms with Gasteiger partial charge in [-0.3, -0.25) is 0 Å². The van der Waals surface area contributed by atoms with Crippen LogP contribution in [0.5, 0.6) is 0 Å². The summed E-state index contributed by atoms with van der Waals surface area (Å²) in [5, 5.41) is 16.3. The molecule has 1 fully saturated rings. The molecule has 1 heterocycles. The fourth-order valence-electron chi connectivity index (χ4n) is 3.55. The Hall–Kier alpha value is -2.60. The monoisotopic (exact) mass is 384 g/mol. The number of benzene rings is 2. The van der Waals surface area contributed by atoms with E-state index in [1.807, 2.05) is 37.3 Å². The molecule has 0 bridgehead atoms. The average molecular weight is 384 g/mol. The third-order valence-electron chi connectivity index (χ3n) is 4.98. The second-order valence-electron chi connectivity index (χ2n) is 7.03. The topological polar surface area (TPSA) is 59.9 Å². The average Bonchev–Trinajstić information content (AvgIpc) is 2.72. The molecule has 1 aliphatic rings. The number of nitrogens with zero attached hydrogens (tertiary/aromatic N) is 2. The Morgan fingerprint density at radius 2 is 2.04 bits per heavy atom. The minimum Gasteiger partial charge on any atom is -0.392 e. The standard InChI is InChI=1S/C22H29FN4O/c1-2-24-22(25-14-17-7-3-4-8-18(17)16-28)26-20-10-6-12-27(15-20)21-11-5-9-19(23)13-21/h3-5,7-9,11,13,20,28H,2,6,10,12,14-16H2,1H3,(H2,24,25,26). The van der Waals surface area contributed by atoms with Crippen LogP contribution in [-0.4, -0.2) is 36.7 Å². The van der Waals surface area contributed by atoms with Crippen LogP contribution in [0.2, 0.25) is 0 Å². The van der Waals surface area contributed by atoms with Gasteiger partial charge in [0, 0.05) is 31.4 Å². The van der Waals surface area contributed by atoms with E-state index in [0.717, 1.165) is 55.2 Å². The lowest BCUT2D eigenvalue weighted by atomic mass is 10.0. The highest BCUT2D eigenvalue weighted by molar-refractivity contribution is 5.80. The molecule has 0 spiro atoms. The number of nitrogens with one attached hydrogen (secondary N) is 2. The first-order valence-corrected chi connectivity index (χ1v) is 9.92. The summed E-state index contributed by atoms with van der Waals surface area (Å²) in [7, 11) is 0. The van der Waals surface area contributed by atoms with Gasteiger partial charge in [0.1, 0.15) is 5.82 Å². The zero-order valence-electron chi connectivity index (χ0n) is 16.4. The van der Waals surface area contributed by atoms with E-state index in [4.69, 9.17) is 4.99 Å². The van der Waals surface area contributed by atoms with Gasteiger partial charge in [0.05, 0.1) is 13.2 Å². The maximum Gasteiger partial charge on any atom is 0.191 e. The summed E-state index contributed by atoms with van der Waals surface area (Å²) in [6.07, 6.45) is 2.09. The molecule has 1 atom stereocenters. The van der Waals surface area contributed by atoms with Crippen molar-refractivity contribution >= 4 is 11.6 Å². The molecule has 2 aromatic rings. The summed E-state index contributed by atoms with van der Waals surface area (Å²) in [6.45, 7) is 5.07. The molecule has 3 rings (SSSR count). The van der Waals surface area contributed by atoms with Crippen LogP contribution in [0.3, 0.4) is 0 Å². The fourth-order valence-corrected chi connectivity index (χ4v) is 3.55. The number of aliphatic imine (C=N–C) groups is 1. The van der Waals surface area contributed by atoms with Gasteiger partial charge in [-0.05, 0) is 49.1 Å². The van der Waals surface area contributed by atoms with Gasteiger partial charge in [-0.1, -0.05) is 30.3 Å². The Morgan fingerprint density at radius 3 is 2.79 bits per heavy atom. The van der Waals surface area contributed by atoms with E-state index in [-0.39, 0.29) is 18.5 Å². The minimum atomic E-state index is -0.204. The maximum atomic E-state index is 13.6. The van der Waals surface area contributed by atoms with Crippen molar-refractivity contribution in [2.75, 3.05) is 24.5 Å². The Bertz CT molecular complexity index is 796. The highest BCUT2D eigenvalue weighted by Gasteiger charge is 2.21. The second kappa shape index (κ2) is 10.1. The molecule has 0 radical (unpaired) electrons. The molecule has 1 aliphatic heterocycles. The molecule has 0 aliphatic carbocycles. The van der Waals surface area contributed by atoms with Crippen molar-refractivity contribution in [1.29, 1.82) is 0 Å². The van der Waals surface area contributed by atoms with Crippen molar-refractivity contribution < 1.29 is 9.50 Å². The molecule has 0 amide bonds. The normalized spacial score (nSPS) is 17.5. The van der Waals surface area contributed by atoms with Gasteiger partial charge in [-0.2, -0.15) is 0 Å². The number of piperidine rings is 1. The van der Waals surface area contributed by atoms with E-state index in [2.05, 4.69) is 15.5 Å². The first-order valence-electron chi connectivity index (χ1n) is 9.92. The number of aliphatic hydroxyl groups is 1. The SMILES string of the molecule is CCNC(=NCc1ccccc1CO)NC1CCCN(c2cccc(F)c2)C1. The van der Waals surface area contributed by atoms with Crippen LogP contribution in [0.4, 0.5) is 10.1 Å². The zero-order valence-corrected chi connectivity index (χ0v) is 16.4. The first kappa shape index (κ1) is 20.1. The summed E-state index contributed by atoms with van der Waals surface area (Å²) in [4.78, 5) is 6.92. The second-order valence-corrected chi connectivity index (χ2v) is 7.03. The molecular weight excluding hydrogens is 355 g/mol. The van der Waals surface area contributed by atoms with E-state index in [9.17, 15) is 9.50 Å². The van der Waals surface area contributed by atoms with Crippen LogP contribution in [0, 0.1) is 5.82 Å². The molecule has 28 heavy (non-hydrogen) atoms. The lowest BCUT2D eigenvalue weighted by Crippen LogP contribution is -2.51. The van der Waals surface area contributed by atoms with Crippen LogP contribution >= 0.6 is 0 Å². The van der Waals surface area contributed by atoms with Crippen molar-refractivity contribution in [3.63, 3.8) is 0 Å². The van der Waals surface area contributed by atoms with Crippen molar-refractivity contribution in [2.45, 2.75) is 39.0 Å². The highest BCUT2D eigenvalue weighted by atomic mass is 19.1. The minimum absolute atomic E-state index is 0.0148. The maximum absolute atomic E-state index is 13.6. The molecule has 6 heteroatoms. The zero-order chi connectivity index (χ0) is 19.8. The van der Waals surface area contributed by atoms with Crippen molar-refractivity contribution in [3.05, 3.63) is 65.5 Å². The molecule has 0 aromatic heterocycles. The third-order valence-corrected chi connectivity index (χ3v) is 4.98. The number of halogens is 1. The molecule has 5 nitrogen and oxygen atoms in total. The number of guanidine groups is 1. The van der Waals surface area contributed by atoms with E-state index < -0.39 is 0 Å². The van der Waals surface area contributed by atoms with Crippen molar-refractivity contribution in [3.8, 4) is 0 Å². The van der Waals surface area contributed by atoms with Crippen LogP contribution < -0.4 is 15.5 Å². The molecule has 1 saturated heterocycles. The number of hydrogen-bond donors (Lipinski definition) is 3. The summed E-state index contributed by atoms with van der Waals surface area (Å²) in [5.41, 5.74) is 2.84. The largest absolute Gasteiger partial charge is 0.392 e. The van der Waals surface area contributed by atoms with Gasteiger partial charge in [-0.15, -0.1) is 0 Å². The van der Waals surface area contributed by atoms with Crippen LogP contribution in [0.15, 0.2) is 53.5 Å². The summed E-state index contributed by atoms with van der Waals surface area (Å²) < 4.78 is 13.6. The van der Waals surface area contributed by atoms with E-state index in [1.165, 1.54) is 6.07 Å². The molecule has 3 N–H and O–H groups in total. The number of anilines is 1. The Labute approximate surface area is 166 Å². The molecule has 0 saturated carbocycles. The number of hydrogen-bond acceptors (Lipinski definition) is 3. The van der Waals surface area contributed by atoms with Gasteiger partial charge in [0.25, 0.3) is 0 Å². The van der Waals surface area contributed by atoms with Gasteiger partial charge < -0.3 is 20.6 Å². The Kier molecular flexibility index (Phi) is 7.25. The van der Waals surface area contributed by atoms with Gasteiger partial charge in [-0.25, -0.2) is 9.38 Å². The smallest absolute Gasteiger partial charge is 0.191 e. The predicted molar refractivity (Wildman–Crippen MR) is 112 cm³/mol. The van der Waals surface area contributed by atoms with Crippen molar-refractivity contribution in [2.24, 2.45) is 4.99 Å². The predicted octanol–water partition coefficient (Wildman–Crippen LogP) is 3.04. The fraction of sp³-hybridized carbons (Fsp3) is 0.409. The van der Waals surface area contributed by atoms with Crippen molar-refractivity contribution in [1.82, 2.24) is 10.6 Å². The highest BCUT2D eigenvalue weighted by Crippen LogP contribution is 2.20. The van der Waals surface area contributed by atoms with E-state index in [1.54, 1.807) is 12.1 Å². The molecule has 1 unspecified atom stereocenters.